The van der Waals surface area contributed by atoms with Crippen LogP contribution in [0, 0.1) is 17.9 Å². The van der Waals surface area contributed by atoms with E-state index in [0.717, 1.165) is 48.4 Å². The number of ether oxygens (including phenoxy) is 1. The van der Waals surface area contributed by atoms with Gasteiger partial charge in [0.25, 0.3) is 5.70 Å². The quantitative estimate of drug-likeness (QED) is 0.172. The van der Waals surface area contributed by atoms with Crippen LogP contribution >= 0.6 is 11.3 Å². The Bertz CT molecular complexity index is 1890. The Morgan fingerprint density at radius 1 is 0.818 bits per heavy atom. The summed E-state index contributed by atoms with van der Waals surface area (Å²) in [6.45, 7) is 9.84. The number of rotatable bonds is 5. The molecule has 0 amide bonds. The minimum Gasteiger partial charge on any atom is -0.456 e. The summed E-state index contributed by atoms with van der Waals surface area (Å²) in [7, 11) is 0. The molecule has 5 heteroatoms. The number of nitriles is 1. The fourth-order valence-electron chi connectivity index (χ4n) is 6.44. The van der Waals surface area contributed by atoms with Crippen molar-refractivity contribution in [3.63, 3.8) is 0 Å². The van der Waals surface area contributed by atoms with Gasteiger partial charge in [-0.3, -0.25) is 0 Å². The lowest BCUT2D eigenvalue weighted by Gasteiger charge is -2.28. The van der Waals surface area contributed by atoms with E-state index in [1.165, 1.54) is 51.4 Å². The highest BCUT2D eigenvalue weighted by Gasteiger charge is 2.32. The largest absolute Gasteiger partial charge is 0.456 e. The number of piperidine rings is 1. The van der Waals surface area contributed by atoms with Gasteiger partial charge in [-0.1, -0.05) is 91.0 Å². The van der Waals surface area contributed by atoms with Gasteiger partial charge in [-0.2, -0.15) is 0 Å². The molecular formula is C39H31N3OS. The molecule has 0 spiro atoms. The summed E-state index contributed by atoms with van der Waals surface area (Å²) >= 11 is 1.87. The first-order chi connectivity index (χ1) is 21.7. The molecule has 0 unspecified atom stereocenters. The zero-order valence-corrected chi connectivity index (χ0v) is 25.2. The van der Waals surface area contributed by atoms with Crippen molar-refractivity contribution in [1.29, 1.82) is 5.26 Å². The van der Waals surface area contributed by atoms with Crippen molar-refractivity contribution in [3.05, 3.63) is 147 Å². The van der Waals surface area contributed by atoms with E-state index in [0.29, 0.717) is 11.3 Å². The standard InChI is InChI=1S/C39H31N3OS/c1-41-33(26-40)32-25-34(27-14-6-2-7-15-27)43-38-30(20-21-31(32)38)24-35-36(28-16-8-3-9-17-28)37(29-18-10-4-11-19-29)39(44-35)42-22-12-5-13-23-42/h2-4,6-11,14-19,24-25H,5,12-13,20-23H2. The molecule has 3 heterocycles. The molecule has 0 bridgehead atoms. The zero-order chi connectivity index (χ0) is 29.9. The summed E-state index contributed by atoms with van der Waals surface area (Å²) in [6, 6.07) is 33.5. The van der Waals surface area contributed by atoms with Crippen LogP contribution < -0.4 is 4.90 Å². The Morgan fingerprint density at radius 3 is 2.05 bits per heavy atom. The highest BCUT2D eigenvalue weighted by molar-refractivity contribution is 7.18. The minimum atomic E-state index is 0.107. The molecule has 1 aromatic heterocycles. The highest BCUT2D eigenvalue weighted by atomic mass is 32.1. The van der Waals surface area contributed by atoms with Crippen molar-refractivity contribution in [2.45, 2.75) is 32.1 Å². The van der Waals surface area contributed by atoms with Gasteiger partial charge in [-0.15, -0.1) is 11.3 Å². The normalized spacial score (nSPS) is 18.3. The van der Waals surface area contributed by atoms with E-state index in [1.54, 1.807) is 0 Å². The number of hydrogen-bond acceptors (Lipinski definition) is 4. The summed E-state index contributed by atoms with van der Waals surface area (Å²) in [6.07, 6.45) is 9.39. The van der Waals surface area contributed by atoms with E-state index >= 15 is 0 Å². The molecule has 2 aliphatic heterocycles. The smallest absolute Gasteiger partial charge is 0.269 e. The van der Waals surface area contributed by atoms with Gasteiger partial charge in [-0.05, 0) is 66.5 Å². The maximum absolute atomic E-state index is 9.85. The van der Waals surface area contributed by atoms with Crippen LogP contribution in [0.3, 0.4) is 0 Å². The number of hydrogen-bond donors (Lipinski definition) is 0. The number of thiophene rings is 1. The Labute approximate surface area is 263 Å². The van der Waals surface area contributed by atoms with Crippen LogP contribution in [0.1, 0.15) is 42.5 Å². The van der Waals surface area contributed by atoms with Crippen molar-refractivity contribution in [2.75, 3.05) is 18.0 Å². The Balaban J connectivity index is 1.43. The second-order valence-electron chi connectivity index (χ2n) is 11.2. The lowest BCUT2D eigenvalue weighted by Crippen LogP contribution is -2.28. The Kier molecular flexibility index (Phi) is 7.72. The molecule has 214 valence electrons. The van der Waals surface area contributed by atoms with Crippen LogP contribution in [-0.2, 0) is 4.74 Å². The van der Waals surface area contributed by atoms with Crippen molar-refractivity contribution in [1.82, 2.24) is 0 Å². The molecule has 0 atom stereocenters. The first kappa shape index (κ1) is 27.7. The molecule has 0 radical (unpaired) electrons. The lowest BCUT2D eigenvalue weighted by molar-refractivity contribution is 0.388. The SMILES string of the molecule is [C-]#[N+]C(C#N)=C1C=C(c2ccccc2)OC2=C1CCC2=Cc1sc(N2CCCCC2)c(-c2ccccc2)c1-c1ccccc1. The second kappa shape index (κ2) is 12.3. The molecule has 1 aliphatic carbocycles. The lowest BCUT2D eigenvalue weighted by atomic mass is 9.94. The molecule has 1 fully saturated rings. The number of nitrogens with zero attached hydrogens (tertiary/aromatic N) is 3. The monoisotopic (exact) mass is 589 g/mol. The van der Waals surface area contributed by atoms with Gasteiger partial charge in [0, 0.05) is 40.2 Å². The first-order valence-electron chi connectivity index (χ1n) is 15.2. The van der Waals surface area contributed by atoms with E-state index in [4.69, 9.17) is 11.3 Å². The molecule has 7 rings (SSSR count). The molecule has 1 saturated heterocycles. The maximum atomic E-state index is 9.85. The van der Waals surface area contributed by atoms with Crippen molar-refractivity contribution < 1.29 is 4.74 Å². The highest BCUT2D eigenvalue weighted by Crippen LogP contribution is 2.51. The van der Waals surface area contributed by atoms with Crippen molar-refractivity contribution >= 4 is 28.2 Å². The molecule has 0 saturated carbocycles. The summed E-state index contributed by atoms with van der Waals surface area (Å²) in [5.74, 6) is 1.45. The molecule has 4 nitrogen and oxygen atoms in total. The van der Waals surface area contributed by atoms with Gasteiger partial charge in [-0.25, -0.2) is 10.1 Å². The fraction of sp³-hybridized carbons (Fsp3) is 0.179. The van der Waals surface area contributed by atoms with Gasteiger partial charge in [0.1, 0.15) is 16.5 Å². The van der Waals surface area contributed by atoms with Gasteiger partial charge in [0.2, 0.25) is 0 Å². The predicted octanol–water partition coefficient (Wildman–Crippen LogP) is 10.3. The first-order valence-corrected chi connectivity index (χ1v) is 16.0. The maximum Gasteiger partial charge on any atom is 0.269 e. The summed E-state index contributed by atoms with van der Waals surface area (Å²) in [4.78, 5) is 7.37. The molecule has 3 aliphatic rings. The molecule has 4 aromatic rings. The third kappa shape index (κ3) is 5.17. The number of anilines is 1. The Morgan fingerprint density at radius 2 is 1.43 bits per heavy atom. The van der Waals surface area contributed by atoms with Gasteiger partial charge in [0.05, 0.1) is 12.6 Å². The predicted molar refractivity (Wildman–Crippen MR) is 180 cm³/mol. The van der Waals surface area contributed by atoms with Crippen LogP contribution in [0.5, 0.6) is 0 Å². The fourth-order valence-corrected chi connectivity index (χ4v) is 7.81. The topological polar surface area (TPSA) is 40.6 Å². The summed E-state index contributed by atoms with van der Waals surface area (Å²) in [5, 5.41) is 11.2. The average Bonchev–Trinajstić information content (AvgIpc) is 3.68. The van der Waals surface area contributed by atoms with Gasteiger partial charge < -0.3 is 9.64 Å². The van der Waals surface area contributed by atoms with Gasteiger partial charge >= 0.3 is 0 Å². The summed E-state index contributed by atoms with van der Waals surface area (Å²) < 4.78 is 6.65. The van der Waals surface area contributed by atoms with E-state index in [1.807, 2.05) is 47.7 Å². The molecular weight excluding hydrogens is 559 g/mol. The zero-order valence-electron chi connectivity index (χ0n) is 24.4. The molecule has 44 heavy (non-hydrogen) atoms. The molecule has 3 aromatic carbocycles. The van der Waals surface area contributed by atoms with Crippen LogP contribution in [0.2, 0.25) is 0 Å². The third-order valence-electron chi connectivity index (χ3n) is 8.54. The van der Waals surface area contributed by atoms with Crippen LogP contribution in [0.15, 0.2) is 125 Å². The van der Waals surface area contributed by atoms with Crippen molar-refractivity contribution in [2.24, 2.45) is 0 Å². The van der Waals surface area contributed by atoms with Crippen LogP contribution in [-0.4, -0.2) is 13.1 Å². The minimum absolute atomic E-state index is 0.107. The van der Waals surface area contributed by atoms with E-state index in [-0.39, 0.29) is 5.70 Å². The van der Waals surface area contributed by atoms with Gasteiger partial charge in [0.15, 0.2) is 0 Å². The van der Waals surface area contributed by atoms with Crippen molar-refractivity contribution in [3.8, 4) is 28.3 Å². The van der Waals surface area contributed by atoms with E-state index in [2.05, 4.69) is 82.6 Å². The average molecular weight is 590 g/mol. The third-order valence-corrected chi connectivity index (χ3v) is 9.74. The summed E-state index contributed by atoms with van der Waals surface area (Å²) in [5.41, 5.74) is 8.71. The second-order valence-corrected chi connectivity index (χ2v) is 12.3. The molecule has 0 N–H and O–H groups in total. The number of benzene rings is 3. The van der Waals surface area contributed by atoms with Crippen LogP contribution in [0.4, 0.5) is 5.00 Å². The van der Waals surface area contributed by atoms with E-state index < -0.39 is 0 Å². The van der Waals surface area contributed by atoms with Crippen LogP contribution in [0.25, 0.3) is 38.9 Å². The van der Waals surface area contributed by atoms with E-state index in [9.17, 15) is 5.26 Å². The Hall–Kier alpha value is -5.10. The number of allylic oxidation sites excluding steroid dienone is 5.